The first kappa shape index (κ1) is 19.5. The minimum atomic E-state index is -0.540. The van der Waals surface area contributed by atoms with Crippen molar-refractivity contribution < 1.29 is 14.3 Å². The molecule has 0 aliphatic heterocycles. The van der Waals surface area contributed by atoms with Crippen molar-refractivity contribution in [2.45, 2.75) is 0 Å². The Balaban J connectivity index is 1.85. The van der Waals surface area contributed by atoms with Crippen molar-refractivity contribution in [1.82, 2.24) is 0 Å². The van der Waals surface area contributed by atoms with E-state index in [9.17, 15) is 9.59 Å². The van der Waals surface area contributed by atoms with Gasteiger partial charge in [0.25, 0.3) is 0 Å². The van der Waals surface area contributed by atoms with Gasteiger partial charge in [0.15, 0.2) is 5.78 Å². The fourth-order valence-electron chi connectivity index (χ4n) is 2.84. The van der Waals surface area contributed by atoms with E-state index in [1.54, 1.807) is 18.2 Å². The summed E-state index contributed by atoms with van der Waals surface area (Å²) in [5.41, 5.74) is 9.12. The monoisotopic (exact) mass is 394 g/mol. The average Bonchev–Trinajstić information content (AvgIpc) is 2.72. The highest BCUT2D eigenvalue weighted by Crippen LogP contribution is 2.26. The molecule has 0 aliphatic rings. The van der Waals surface area contributed by atoms with Crippen molar-refractivity contribution in [1.29, 1.82) is 0 Å². The Labute approximate surface area is 168 Å². The summed E-state index contributed by atoms with van der Waals surface area (Å²) >= 11 is 5.93. The van der Waals surface area contributed by atoms with E-state index >= 15 is 0 Å². The van der Waals surface area contributed by atoms with E-state index in [1.807, 2.05) is 48.3 Å². The molecule has 0 spiro atoms. The zero-order chi connectivity index (χ0) is 20.3. The van der Waals surface area contributed by atoms with E-state index in [0.717, 1.165) is 11.4 Å². The molecule has 142 valence electrons. The average molecular weight is 395 g/mol. The number of nitrogens with zero attached hydrogens (tertiary/aromatic N) is 1. The standard InChI is InChI=1S/C22H19ClN2O3/c1-25(20-9-5-17(23)6-10-20)19-7-3-14(4-8-19)21(26)15-11-16(22(27)28-2)13-18(24)12-15/h3-13H,24H2,1-2H3. The van der Waals surface area contributed by atoms with E-state index in [0.29, 0.717) is 21.8 Å². The molecule has 0 aromatic heterocycles. The quantitative estimate of drug-likeness (QED) is 0.385. The molecule has 5 nitrogen and oxygen atoms in total. The Hall–Kier alpha value is -3.31. The van der Waals surface area contributed by atoms with E-state index in [-0.39, 0.29) is 11.3 Å². The molecule has 0 saturated carbocycles. The highest BCUT2D eigenvalue weighted by molar-refractivity contribution is 6.30. The van der Waals surface area contributed by atoms with Crippen LogP contribution in [0.1, 0.15) is 26.3 Å². The number of nitrogens with two attached hydrogens (primary N) is 1. The minimum Gasteiger partial charge on any atom is -0.465 e. The van der Waals surface area contributed by atoms with Crippen molar-refractivity contribution in [2.24, 2.45) is 0 Å². The third-order valence-corrected chi connectivity index (χ3v) is 4.62. The summed E-state index contributed by atoms with van der Waals surface area (Å²) in [5, 5.41) is 0.673. The van der Waals surface area contributed by atoms with Gasteiger partial charge in [0.2, 0.25) is 0 Å². The summed E-state index contributed by atoms with van der Waals surface area (Å²) in [6.07, 6.45) is 0. The van der Waals surface area contributed by atoms with Crippen LogP contribution in [-0.2, 0) is 4.74 Å². The fraction of sp³-hybridized carbons (Fsp3) is 0.0909. The number of halogens is 1. The zero-order valence-electron chi connectivity index (χ0n) is 15.5. The summed E-state index contributed by atoms with van der Waals surface area (Å²) in [6, 6.07) is 19.2. The largest absolute Gasteiger partial charge is 0.465 e. The second kappa shape index (κ2) is 8.15. The normalized spacial score (nSPS) is 10.4. The molecule has 0 atom stereocenters. The van der Waals surface area contributed by atoms with E-state index in [2.05, 4.69) is 0 Å². The second-order valence-electron chi connectivity index (χ2n) is 6.25. The number of carbonyl (C=O) groups is 2. The molecule has 2 N–H and O–H groups in total. The van der Waals surface area contributed by atoms with Gasteiger partial charge in [-0.15, -0.1) is 0 Å². The number of anilines is 3. The van der Waals surface area contributed by atoms with Crippen LogP contribution in [0.15, 0.2) is 66.7 Å². The number of benzene rings is 3. The molecule has 0 radical (unpaired) electrons. The third-order valence-electron chi connectivity index (χ3n) is 4.37. The van der Waals surface area contributed by atoms with Crippen LogP contribution in [0.4, 0.5) is 17.1 Å². The lowest BCUT2D eigenvalue weighted by atomic mass is 10.00. The number of hydrogen-bond donors (Lipinski definition) is 1. The summed E-state index contributed by atoms with van der Waals surface area (Å²) < 4.78 is 4.70. The van der Waals surface area contributed by atoms with E-state index < -0.39 is 5.97 Å². The van der Waals surface area contributed by atoms with Crippen molar-refractivity contribution >= 4 is 40.4 Å². The van der Waals surface area contributed by atoms with Gasteiger partial charge in [0.05, 0.1) is 12.7 Å². The Kier molecular flexibility index (Phi) is 5.66. The maximum atomic E-state index is 12.8. The van der Waals surface area contributed by atoms with Crippen LogP contribution in [0.25, 0.3) is 0 Å². The summed E-state index contributed by atoms with van der Waals surface area (Å²) in [6.45, 7) is 0. The lowest BCUT2D eigenvalue weighted by molar-refractivity contribution is 0.0601. The number of hydrogen-bond acceptors (Lipinski definition) is 5. The molecule has 0 heterocycles. The van der Waals surface area contributed by atoms with Crippen LogP contribution in [0.2, 0.25) is 5.02 Å². The number of rotatable bonds is 5. The lowest BCUT2D eigenvalue weighted by Gasteiger charge is -2.19. The zero-order valence-corrected chi connectivity index (χ0v) is 16.2. The molecule has 3 rings (SSSR count). The SMILES string of the molecule is COC(=O)c1cc(N)cc(C(=O)c2ccc(N(C)c3ccc(Cl)cc3)cc2)c1. The number of ether oxygens (including phenoxy) is 1. The molecule has 0 saturated heterocycles. The molecule has 0 unspecified atom stereocenters. The van der Waals surface area contributed by atoms with Gasteiger partial charge in [-0.1, -0.05) is 11.6 Å². The Morgan fingerprint density at radius 1 is 0.857 bits per heavy atom. The van der Waals surface area contributed by atoms with Crippen LogP contribution in [0.5, 0.6) is 0 Å². The number of esters is 1. The van der Waals surface area contributed by atoms with E-state index in [4.69, 9.17) is 22.1 Å². The van der Waals surface area contributed by atoms with Crippen LogP contribution in [0.3, 0.4) is 0 Å². The van der Waals surface area contributed by atoms with Gasteiger partial charge >= 0.3 is 5.97 Å². The van der Waals surface area contributed by atoms with E-state index in [1.165, 1.54) is 19.2 Å². The first-order valence-corrected chi connectivity index (χ1v) is 8.90. The Bertz CT molecular complexity index is 1010. The molecule has 0 fully saturated rings. The highest BCUT2D eigenvalue weighted by Gasteiger charge is 2.15. The molecule has 0 amide bonds. The molecule has 3 aromatic rings. The maximum absolute atomic E-state index is 12.8. The number of nitrogen functional groups attached to an aromatic ring is 1. The first-order valence-electron chi connectivity index (χ1n) is 8.52. The number of ketones is 1. The van der Waals surface area contributed by atoms with Crippen molar-refractivity contribution in [3.8, 4) is 0 Å². The lowest BCUT2D eigenvalue weighted by Crippen LogP contribution is -2.10. The molecule has 0 aliphatic carbocycles. The summed E-state index contributed by atoms with van der Waals surface area (Å²) in [7, 11) is 3.21. The predicted octanol–water partition coefficient (Wildman–Crippen LogP) is 4.71. The number of methoxy groups -OCH3 is 1. The third kappa shape index (κ3) is 4.15. The maximum Gasteiger partial charge on any atom is 0.337 e. The van der Waals surface area contributed by atoms with Crippen molar-refractivity contribution in [2.75, 3.05) is 24.8 Å². The Morgan fingerprint density at radius 3 is 1.96 bits per heavy atom. The molecule has 0 bridgehead atoms. The van der Waals surface area contributed by atoms with Gasteiger partial charge in [0.1, 0.15) is 0 Å². The first-order chi connectivity index (χ1) is 13.4. The topological polar surface area (TPSA) is 72.6 Å². The van der Waals surface area contributed by atoms with Crippen molar-refractivity contribution in [3.63, 3.8) is 0 Å². The highest BCUT2D eigenvalue weighted by atomic mass is 35.5. The summed E-state index contributed by atoms with van der Waals surface area (Å²) in [4.78, 5) is 26.6. The van der Waals surface area contributed by atoms with Gasteiger partial charge in [-0.05, 0) is 66.7 Å². The van der Waals surface area contributed by atoms with Crippen LogP contribution in [0, 0.1) is 0 Å². The smallest absolute Gasteiger partial charge is 0.337 e. The second-order valence-corrected chi connectivity index (χ2v) is 6.68. The minimum absolute atomic E-state index is 0.224. The van der Waals surface area contributed by atoms with Gasteiger partial charge < -0.3 is 15.4 Å². The molecular formula is C22H19ClN2O3. The Morgan fingerprint density at radius 2 is 1.39 bits per heavy atom. The predicted molar refractivity (Wildman–Crippen MR) is 112 cm³/mol. The molecule has 28 heavy (non-hydrogen) atoms. The van der Waals surface area contributed by atoms with Crippen LogP contribution < -0.4 is 10.6 Å². The molecule has 3 aromatic carbocycles. The van der Waals surface area contributed by atoms with Crippen LogP contribution in [-0.4, -0.2) is 25.9 Å². The van der Waals surface area contributed by atoms with Crippen molar-refractivity contribution in [3.05, 3.63) is 88.4 Å². The number of carbonyl (C=O) groups excluding carboxylic acids is 2. The van der Waals surface area contributed by atoms with Gasteiger partial charge in [-0.2, -0.15) is 0 Å². The van der Waals surface area contributed by atoms with Gasteiger partial charge in [-0.3, -0.25) is 4.79 Å². The van der Waals surface area contributed by atoms with Gasteiger partial charge in [-0.25, -0.2) is 4.79 Å². The molecule has 6 heteroatoms. The molecular weight excluding hydrogens is 376 g/mol. The van der Waals surface area contributed by atoms with Crippen LogP contribution >= 0.6 is 11.6 Å². The fourth-order valence-corrected chi connectivity index (χ4v) is 2.96. The van der Waals surface area contributed by atoms with Gasteiger partial charge in [0, 0.05) is 40.3 Å². The summed E-state index contributed by atoms with van der Waals surface area (Å²) in [5.74, 6) is -0.764.